The van der Waals surface area contributed by atoms with Gasteiger partial charge in [0.05, 0.1) is 12.8 Å². The van der Waals surface area contributed by atoms with E-state index in [1.165, 1.54) is 6.42 Å². The molecule has 0 radical (unpaired) electrons. The summed E-state index contributed by atoms with van der Waals surface area (Å²) in [4.78, 5) is 16.7. The molecule has 1 aromatic rings. The van der Waals surface area contributed by atoms with Crippen LogP contribution in [0.15, 0.2) is 18.5 Å². The molecule has 2 N–H and O–H groups in total. The van der Waals surface area contributed by atoms with E-state index in [0.717, 1.165) is 19.3 Å². The quantitative estimate of drug-likeness (QED) is 0.828. The molecule has 1 aromatic heterocycles. The van der Waals surface area contributed by atoms with Crippen LogP contribution in [-0.4, -0.2) is 23.9 Å². The smallest absolute Gasteiger partial charge is 0.167 e. The van der Waals surface area contributed by atoms with Crippen molar-refractivity contribution in [1.82, 2.24) is 4.98 Å². The summed E-state index contributed by atoms with van der Waals surface area (Å²) in [7, 11) is 0. The Balaban J connectivity index is 2.15. The van der Waals surface area contributed by atoms with E-state index in [0.29, 0.717) is 30.4 Å². The van der Waals surface area contributed by atoms with Crippen molar-refractivity contribution in [2.24, 2.45) is 17.6 Å². The Hall–Kier alpha value is -1.42. The molecule has 4 nitrogen and oxygen atoms in total. The molecule has 19 heavy (non-hydrogen) atoms. The van der Waals surface area contributed by atoms with Gasteiger partial charge in [0.15, 0.2) is 5.78 Å². The highest BCUT2D eigenvalue weighted by Gasteiger charge is 2.30. The van der Waals surface area contributed by atoms with Crippen molar-refractivity contribution >= 4 is 5.78 Å². The highest BCUT2D eigenvalue weighted by atomic mass is 16.5. The van der Waals surface area contributed by atoms with Crippen molar-refractivity contribution in [3.05, 3.63) is 24.0 Å². The lowest BCUT2D eigenvalue weighted by atomic mass is 9.75. The molecule has 0 spiro atoms. The number of rotatable bonds is 5. The molecule has 2 rings (SSSR count). The zero-order valence-electron chi connectivity index (χ0n) is 11.5. The second-order valence-corrected chi connectivity index (χ2v) is 5.09. The second-order valence-electron chi connectivity index (χ2n) is 5.09. The van der Waals surface area contributed by atoms with Gasteiger partial charge in [0.2, 0.25) is 0 Å². The van der Waals surface area contributed by atoms with Crippen LogP contribution in [0.4, 0.5) is 0 Å². The molecule has 0 aliphatic heterocycles. The number of pyridine rings is 1. The molecule has 1 fully saturated rings. The van der Waals surface area contributed by atoms with E-state index < -0.39 is 0 Å². The van der Waals surface area contributed by atoms with Crippen LogP contribution in [0, 0.1) is 11.8 Å². The van der Waals surface area contributed by atoms with E-state index in [1.54, 1.807) is 18.5 Å². The summed E-state index contributed by atoms with van der Waals surface area (Å²) in [6.45, 7) is 3.09. The van der Waals surface area contributed by atoms with Crippen molar-refractivity contribution in [3.8, 4) is 5.75 Å². The van der Waals surface area contributed by atoms with E-state index in [1.807, 2.05) is 6.92 Å². The molecule has 1 aliphatic rings. The maximum absolute atomic E-state index is 12.6. The molecule has 2 atom stereocenters. The lowest BCUT2D eigenvalue weighted by molar-refractivity contribution is 0.0829. The van der Waals surface area contributed by atoms with E-state index >= 15 is 0 Å². The fourth-order valence-electron chi connectivity index (χ4n) is 2.85. The summed E-state index contributed by atoms with van der Waals surface area (Å²) in [5.74, 6) is 1.20. The van der Waals surface area contributed by atoms with Gasteiger partial charge in [-0.15, -0.1) is 0 Å². The number of Topliss-reactive ketones (excluding diaryl/α,β-unsaturated/α-hetero) is 1. The summed E-state index contributed by atoms with van der Waals surface area (Å²) < 4.78 is 5.40. The maximum atomic E-state index is 12.6. The molecule has 1 heterocycles. The fraction of sp³-hybridized carbons (Fsp3) is 0.600. The lowest BCUT2D eigenvalue weighted by Gasteiger charge is -2.29. The van der Waals surface area contributed by atoms with Gasteiger partial charge in [-0.2, -0.15) is 0 Å². The molecular weight excluding hydrogens is 240 g/mol. The number of nitrogens with two attached hydrogens (primary N) is 1. The fourth-order valence-corrected chi connectivity index (χ4v) is 2.85. The average molecular weight is 262 g/mol. The van der Waals surface area contributed by atoms with Crippen molar-refractivity contribution in [2.75, 3.05) is 13.2 Å². The van der Waals surface area contributed by atoms with Crippen LogP contribution in [0.25, 0.3) is 0 Å². The number of aromatic nitrogens is 1. The first-order valence-electron chi connectivity index (χ1n) is 7.08. The van der Waals surface area contributed by atoms with Crippen molar-refractivity contribution < 1.29 is 9.53 Å². The van der Waals surface area contributed by atoms with E-state index in [2.05, 4.69) is 4.98 Å². The number of ether oxygens (including phenoxy) is 1. The Labute approximate surface area is 114 Å². The predicted octanol–water partition coefficient (Wildman–Crippen LogP) is 2.43. The van der Waals surface area contributed by atoms with Crippen molar-refractivity contribution in [1.29, 1.82) is 0 Å². The van der Waals surface area contributed by atoms with Gasteiger partial charge in [-0.25, -0.2) is 0 Å². The number of nitrogens with zero attached hydrogens (tertiary/aromatic N) is 1. The zero-order valence-corrected chi connectivity index (χ0v) is 11.5. The summed E-state index contributed by atoms with van der Waals surface area (Å²) in [6, 6.07) is 1.79. The molecule has 0 bridgehead atoms. The minimum atomic E-state index is 0.0532. The van der Waals surface area contributed by atoms with E-state index in [-0.39, 0.29) is 11.7 Å². The zero-order chi connectivity index (χ0) is 13.7. The van der Waals surface area contributed by atoms with Crippen LogP contribution in [0.2, 0.25) is 0 Å². The standard InChI is InChI=1S/C15H22N2O2/c1-2-19-13-7-12(9-17-10-13)15(18)14-6-4-3-5-11(14)8-16/h7,9-11,14H,2-6,8,16H2,1H3. The molecule has 4 heteroatoms. The average Bonchev–Trinajstić information content (AvgIpc) is 2.47. The van der Waals surface area contributed by atoms with Gasteiger partial charge in [0, 0.05) is 17.7 Å². The number of ketones is 1. The number of carbonyl (C=O) groups is 1. The van der Waals surface area contributed by atoms with Crippen LogP contribution in [0.5, 0.6) is 5.75 Å². The molecule has 0 amide bonds. The number of hydrogen-bond acceptors (Lipinski definition) is 4. The molecule has 1 saturated carbocycles. The minimum Gasteiger partial charge on any atom is -0.492 e. The monoisotopic (exact) mass is 262 g/mol. The highest BCUT2D eigenvalue weighted by molar-refractivity contribution is 5.98. The van der Waals surface area contributed by atoms with Crippen LogP contribution >= 0.6 is 0 Å². The Morgan fingerprint density at radius 2 is 2.21 bits per heavy atom. The predicted molar refractivity (Wildman–Crippen MR) is 74.2 cm³/mol. The lowest BCUT2D eigenvalue weighted by Crippen LogP contribution is -2.32. The highest BCUT2D eigenvalue weighted by Crippen LogP contribution is 2.32. The Morgan fingerprint density at radius 1 is 1.42 bits per heavy atom. The molecular formula is C15H22N2O2. The van der Waals surface area contributed by atoms with Crippen molar-refractivity contribution in [3.63, 3.8) is 0 Å². The van der Waals surface area contributed by atoms with Crippen LogP contribution in [0.3, 0.4) is 0 Å². The third-order valence-electron chi connectivity index (χ3n) is 3.86. The molecule has 0 saturated heterocycles. The first-order chi connectivity index (χ1) is 9.26. The Kier molecular flexibility index (Phi) is 4.91. The first kappa shape index (κ1) is 14.0. The van der Waals surface area contributed by atoms with Gasteiger partial charge >= 0.3 is 0 Å². The normalized spacial score (nSPS) is 23.1. The summed E-state index contributed by atoms with van der Waals surface area (Å²) in [5, 5.41) is 0. The van der Waals surface area contributed by atoms with E-state index in [9.17, 15) is 4.79 Å². The third kappa shape index (κ3) is 3.32. The molecule has 1 aliphatic carbocycles. The topological polar surface area (TPSA) is 65.2 Å². The first-order valence-corrected chi connectivity index (χ1v) is 7.08. The largest absolute Gasteiger partial charge is 0.492 e. The van der Waals surface area contributed by atoms with Gasteiger partial charge in [0.25, 0.3) is 0 Å². The summed E-state index contributed by atoms with van der Waals surface area (Å²) in [6.07, 6.45) is 7.58. The Bertz CT molecular complexity index is 434. The SMILES string of the molecule is CCOc1cncc(C(=O)C2CCCCC2CN)c1. The van der Waals surface area contributed by atoms with Gasteiger partial charge in [-0.3, -0.25) is 9.78 Å². The van der Waals surface area contributed by atoms with Crippen molar-refractivity contribution in [2.45, 2.75) is 32.6 Å². The van der Waals surface area contributed by atoms with Gasteiger partial charge in [-0.05, 0) is 38.3 Å². The minimum absolute atomic E-state index is 0.0532. The van der Waals surface area contributed by atoms with Crippen LogP contribution < -0.4 is 10.5 Å². The van der Waals surface area contributed by atoms with Crippen LogP contribution in [-0.2, 0) is 0 Å². The maximum Gasteiger partial charge on any atom is 0.167 e. The summed E-state index contributed by atoms with van der Waals surface area (Å²) >= 11 is 0. The second kappa shape index (κ2) is 6.66. The third-order valence-corrected chi connectivity index (χ3v) is 3.86. The van der Waals surface area contributed by atoms with Gasteiger partial charge in [-0.1, -0.05) is 12.8 Å². The Morgan fingerprint density at radius 3 is 2.95 bits per heavy atom. The molecule has 2 unspecified atom stereocenters. The molecule has 0 aromatic carbocycles. The number of hydrogen-bond donors (Lipinski definition) is 1. The van der Waals surface area contributed by atoms with Crippen LogP contribution in [0.1, 0.15) is 43.0 Å². The van der Waals surface area contributed by atoms with Gasteiger partial charge < -0.3 is 10.5 Å². The number of carbonyl (C=O) groups excluding carboxylic acids is 1. The van der Waals surface area contributed by atoms with Gasteiger partial charge in [0.1, 0.15) is 5.75 Å². The summed E-state index contributed by atoms with van der Waals surface area (Å²) in [5.41, 5.74) is 6.44. The van der Waals surface area contributed by atoms with E-state index in [4.69, 9.17) is 10.5 Å². The molecule has 104 valence electrons.